The second-order valence-electron chi connectivity index (χ2n) is 4.69. The summed E-state index contributed by atoms with van der Waals surface area (Å²) in [6.45, 7) is 6.27. The fourth-order valence-corrected chi connectivity index (χ4v) is 2.27. The SMILES string of the molecule is CCC(CCCN1CC(C)CC1=O)NC. The average molecular weight is 212 g/mol. The third-order valence-electron chi connectivity index (χ3n) is 3.29. The fourth-order valence-electron chi connectivity index (χ4n) is 2.27. The predicted molar refractivity (Wildman–Crippen MR) is 62.7 cm³/mol. The van der Waals surface area contributed by atoms with Crippen LogP contribution in [0, 0.1) is 5.92 Å². The molecule has 2 atom stereocenters. The number of carbonyl (C=O) groups excluding carboxylic acids is 1. The minimum atomic E-state index is 0.347. The van der Waals surface area contributed by atoms with Crippen LogP contribution in [0.2, 0.25) is 0 Å². The maximum atomic E-state index is 11.5. The molecule has 0 radical (unpaired) electrons. The fraction of sp³-hybridized carbons (Fsp3) is 0.917. The minimum Gasteiger partial charge on any atom is -0.342 e. The molecule has 1 aliphatic heterocycles. The lowest BCUT2D eigenvalue weighted by molar-refractivity contribution is -0.127. The Balaban J connectivity index is 2.17. The van der Waals surface area contributed by atoms with Crippen LogP contribution >= 0.6 is 0 Å². The highest BCUT2D eigenvalue weighted by Gasteiger charge is 2.25. The molecular formula is C12H24N2O. The topological polar surface area (TPSA) is 32.3 Å². The zero-order valence-corrected chi connectivity index (χ0v) is 10.3. The van der Waals surface area contributed by atoms with Crippen molar-refractivity contribution in [1.29, 1.82) is 0 Å². The normalized spacial score (nSPS) is 23.5. The molecule has 1 N–H and O–H groups in total. The van der Waals surface area contributed by atoms with Crippen LogP contribution in [0.1, 0.15) is 39.5 Å². The smallest absolute Gasteiger partial charge is 0.222 e. The Hall–Kier alpha value is -0.570. The molecule has 2 unspecified atom stereocenters. The summed E-state index contributed by atoms with van der Waals surface area (Å²) in [6.07, 6.45) is 4.22. The van der Waals surface area contributed by atoms with Gasteiger partial charge in [-0.15, -0.1) is 0 Å². The zero-order chi connectivity index (χ0) is 11.3. The summed E-state index contributed by atoms with van der Waals surface area (Å²) in [7, 11) is 2.01. The standard InChI is InChI=1S/C12H24N2O/c1-4-11(13-3)6-5-7-14-9-10(2)8-12(14)15/h10-11,13H,4-9H2,1-3H3. The van der Waals surface area contributed by atoms with Crippen LogP contribution in [0.4, 0.5) is 0 Å². The maximum absolute atomic E-state index is 11.5. The predicted octanol–water partition coefficient (Wildman–Crippen LogP) is 1.63. The molecule has 88 valence electrons. The average Bonchev–Trinajstić information content (AvgIpc) is 2.52. The van der Waals surface area contributed by atoms with Gasteiger partial charge >= 0.3 is 0 Å². The summed E-state index contributed by atoms with van der Waals surface area (Å²) in [6, 6.07) is 0.611. The van der Waals surface area contributed by atoms with E-state index in [1.54, 1.807) is 0 Å². The van der Waals surface area contributed by atoms with E-state index in [1.807, 2.05) is 11.9 Å². The minimum absolute atomic E-state index is 0.347. The van der Waals surface area contributed by atoms with Gasteiger partial charge in [0.15, 0.2) is 0 Å². The second kappa shape index (κ2) is 6.11. The number of amides is 1. The monoisotopic (exact) mass is 212 g/mol. The summed E-state index contributed by atoms with van der Waals surface area (Å²) in [5.41, 5.74) is 0. The van der Waals surface area contributed by atoms with E-state index in [2.05, 4.69) is 19.2 Å². The molecule has 0 aromatic carbocycles. The number of rotatable bonds is 6. The molecule has 1 heterocycles. The quantitative estimate of drug-likeness (QED) is 0.726. The first kappa shape index (κ1) is 12.5. The van der Waals surface area contributed by atoms with Gasteiger partial charge in [-0.2, -0.15) is 0 Å². The highest BCUT2D eigenvalue weighted by Crippen LogP contribution is 2.17. The van der Waals surface area contributed by atoms with Crippen LogP contribution in [0.5, 0.6) is 0 Å². The van der Waals surface area contributed by atoms with Crippen molar-refractivity contribution in [3.8, 4) is 0 Å². The molecule has 3 nitrogen and oxygen atoms in total. The van der Waals surface area contributed by atoms with Crippen molar-refractivity contribution in [2.45, 2.75) is 45.6 Å². The number of hydrogen-bond acceptors (Lipinski definition) is 2. The van der Waals surface area contributed by atoms with Gasteiger partial charge in [0.2, 0.25) is 5.91 Å². The molecular weight excluding hydrogens is 188 g/mol. The molecule has 0 saturated carbocycles. The first-order valence-corrected chi connectivity index (χ1v) is 6.12. The van der Waals surface area contributed by atoms with Gasteiger partial charge in [0.05, 0.1) is 0 Å². The van der Waals surface area contributed by atoms with E-state index >= 15 is 0 Å². The summed E-state index contributed by atoms with van der Waals surface area (Å²) in [5, 5.41) is 3.29. The second-order valence-corrected chi connectivity index (χ2v) is 4.69. The molecule has 1 aliphatic rings. The van der Waals surface area contributed by atoms with Gasteiger partial charge in [-0.25, -0.2) is 0 Å². The van der Waals surface area contributed by atoms with Crippen LogP contribution < -0.4 is 5.32 Å². The molecule has 1 rings (SSSR count). The highest BCUT2D eigenvalue weighted by molar-refractivity contribution is 5.78. The van der Waals surface area contributed by atoms with Crippen LogP contribution in [0.25, 0.3) is 0 Å². The number of nitrogens with zero attached hydrogens (tertiary/aromatic N) is 1. The Morgan fingerprint density at radius 3 is 2.80 bits per heavy atom. The zero-order valence-electron chi connectivity index (χ0n) is 10.3. The molecule has 1 saturated heterocycles. The Morgan fingerprint density at radius 1 is 1.60 bits per heavy atom. The van der Waals surface area contributed by atoms with Crippen molar-refractivity contribution in [3.63, 3.8) is 0 Å². The van der Waals surface area contributed by atoms with Crippen molar-refractivity contribution < 1.29 is 4.79 Å². The molecule has 0 aromatic heterocycles. The van der Waals surface area contributed by atoms with E-state index in [0.717, 1.165) is 25.9 Å². The lowest BCUT2D eigenvalue weighted by Crippen LogP contribution is -2.29. The molecule has 0 spiro atoms. The van der Waals surface area contributed by atoms with Crippen molar-refractivity contribution in [3.05, 3.63) is 0 Å². The van der Waals surface area contributed by atoms with Gasteiger partial charge in [0.25, 0.3) is 0 Å². The Kier molecular flexibility index (Phi) is 5.09. The van der Waals surface area contributed by atoms with E-state index in [1.165, 1.54) is 12.8 Å². The van der Waals surface area contributed by atoms with E-state index < -0.39 is 0 Å². The number of nitrogens with one attached hydrogen (secondary N) is 1. The van der Waals surface area contributed by atoms with Gasteiger partial charge in [0, 0.05) is 25.6 Å². The van der Waals surface area contributed by atoms with Gasteiger partial charge < -0.3 is 10.2 Å². The summed E-state index contributed by atoms with van der Waals surface area (Å²) in [4.78, 5) is 13.5. The van der Waals surface area contributed by atoms with Crippen molar-refractivity contribution in [2.75, 3.05) is 20.1 Å². The summed E-state index contributed by atoms with van der Waals surface area (Å²) in [5.74, 6) is 0.906. The van der Waals surface area contributed by atoms with Crippen LogP contribution in [-0.4, -0.2) is 37.0 Å². The molecule has 1 amide bonds. The first-order chi connectivity index (χ1) is 7.17. The molecule has 0 bridgehead atoms. The number of carbonyl (C=O) groups is 1. The Labute approximate surface area is 93.2 Å². The van der Waals surface area contributed by atoms with Crippen molar-refractivity contribution in [1.82, 2.24) is 10.2 Å². The van der Waals surface area contributed by atoms with Crippen molar-refractivity contribution >= 4 is 5.91 Å². The lowest BCUT2D eigenvalue weighted by atomic mass is 10.1. The molecule has 0 aromatic rings. The lowest BCUT2D eigenvalue weighted by Gasteiger charge is -2.18. The Morgan fingerprint density at radius 2 is 2.33 bits per heavy atom. The van der Waals surface area contributed by atoms with E-state index in [-0.39, 0.29) is 0 Å². The molecule has 3 heteroatoms. The maximum Gasteiger partial charge on any atom is 0.222 e. The largest absolute Gasteiger partial charge is 0.342 e. The third kappa shape index (κ3) is 3.82. The summed E-state index contributed by atoms with van der Waals surface area (Å²) >= 11 is 0. The van der Waals surface area contributed by atoms with Crippen LogP contribution in [-0.2, 0) is 4.79 Å². The molecule has 1 fully saturated rings. The van der Waals surface area contributed by atoms with Crippen LogP contribution in [0.3, 0.4) is 0 Å². The number of hydrogen-bond donors (Lipinski definition) is 1. The Bertz CT molecular complexity index is 202. The molecule has 0 aliphatic carbocycles. The van der Waals surface area contributed by atoms with E-state index in [4.69, 9.17) is 0 Å². The van der Waals surface area contributed by atoms with Gasteiger partial charge in [0.1, 0.15) is 0 Å². The van der Waals surface area contributed by atoms with Gasteiger partial charge in [-0.1, -0.05) is 13.8 Å². The van der Waals surface area contributed by atoms with E-state index in [9.17, 15) is 4.79 Å². The van der Waals surface area contributed by atoms with Gasteiger partial charge in [-0.05, 0) is 32.2 Å². The van der Waals surface area contributed by atoms with E-state index in [0.29, 0.717) is 17.9 Å². The highest BCUT2D eigenvalue weighted by atomic mass is 16.2. The van der Waals surface area contributed by atoms with Crippen LogP contribution in [0.15, 0.2) is 0 Å². The third-order valence-corrected chi connectivity index (χ3v) is 3.29. The first-order valence-electron chi connectivity index (χ1n) is 6.12. The van der Waals surface area contributed by atoms with Crippen molar-refractivity contribution in [2.24, 2.45) is 5.92 Å². The molecule has 15 heavy (non-hydrogen) atoms. The summed E-state index contributed by atoms with van der Waals surface area (Å²) < 4.78 is 0. The number of likely N-dealkylation sites (tertiary alicyclic amines) is 1. The van der Waals surface area contributed by atoms with Gasteiger partial charge in [-0.3, -0.25) is 4.79 Å².